The van der Waals surface area contributed by atoms with Gasteiger partial charge >= 0.3 is 0 Å². The highest BCUT2D eigenvalue weighted by molar-refractivity contribution is 6.03. The Bertz CT molecular complexity index is 618. The fourth-order valence-corrected chi connectivity index (χ4v) is 2.35. The van der Waals surface area contributed by atoms with Crippen molar-refractivity contribution in [2.75, 3.05) is 11.9 Å². The molecule has 1 aromatic carbocycles. The first-order valence-corrected chi connectivity index (χ1v) is 6.35. The Morgan fingerprint density at radius 3 is 3.16 bits per heavy atom. The average molecular weight is 256 g/mol. The maximum atomic E-state index is 12.1. The van der Waals surface area contributed by atoms with Gasteiger partial charge in [-0.25, -0.2) is 4.98 Å². The highest BCUT2D eigenvalue weighted by Crippen LogP contribution is 2.23. The van der Waals surface area contributed by atoms with Gasteiger partial charge in [0.2, 0.25) is 0 Å². The fraction of sp³-hybridized carbons (Fsp3) is 0.286. The van der Waals surface area contributed by atoms with Gasteiger partial charge < -0.3 is 15.2 Å². The molecule has 2 aromatic rings. The van der Waals surface area contributed by atoms with Crippen molar-refractivity contribution >= 4 is 11.6 Å². The van der Waals surface area contributed by atoms with Crippen LogP contribution in [0.3, 0.4) is 0 Å². The molecule has 5 heteroatoms. The number of aryl methyl sites for hydroxylation is 1. The maximum absolute atomic E-state index is 12.1. The number of imidazole rings is 1. The number of nitrogens with zero attached hydrogens (tertiary/aromatic N) is 2. The number of amides is 1. The minimum absolute atomic E-state index is 0.167. The zero-order chi connectivity index (χ0) is 13.2. The monoisotopic (exact) mass is 256 g/mol. The maximum Gasteiger partial charge on any atom is 0.275 e. The molecule has 1 amide bonds. The molecule has 0 saturated heterocycles. The molecule has 0 saturated carbocycles. The summed E-state index contributed by atoms with van der Waals surface area (Å²) in [5.41, 5.74) is 3.79. The molecule has 1 aliphatic heterocycles. The van der Waals surface area contributed by atoms with Gasteiger partial charge in [-0.1, -0.05) is 12.1 Å². The molecule has 0 bridgehead atoms. The second-order valence-electron chi connectivity index (χ2n) is 4.75. The molecule has 0 atom stereocenters. The topological polar surface area (TPSA) is 59.0 Å². The molecule has 5 nitrogen and oxygen atoms in total. The van der Waals surface area contributed by atoms with Gasteiger partial charge in [0.25, 0.3) is 5.91 Å². The van der Waals surface area contributed by atoms with Crippen LogP contribution in [0, 0.1) is 0 Å². The number of hydrogen-bond acceptors (Lipinski definition) is 3. The SMILES string of the molecule is Cn1cnc(C(=O)Nc2cccc3c2CNCC3)c1. The summed E-state index contributed by atoms with van der Waals surface area (Å²) in [4.78, 5) is 16.2. The number of hydrogen-bond donors (Lipinski definition) is 2. The Morgan fingerprint density at radius 2 is 2.37 bits per heavy atom. The summed E-state index contributed by atoms with van der Waals surface area (Å²) < 4.78 is 1.76. The number of carbonyl (C=O) groups is 1. The Kier molecular flexibility index (Phi) is 3.05. The van der Waals surface area contributed by atoms with E-state index < -0.39 is 0 Å². The number of aromatic nitrogens is 2. The van der Waals surface area contributed by atoms with E-state index in [1.807, 2.05) is 19.2 Å². The van der Waals surface area contributed by atoms with Crippen LogP contribution in [0.1, 0.15) is 21.6 Å². The van der Waals surface area contributed by atoms with Gasteiger partial charge in [-0.05, 0) is 30.2 Å². The van der Waals surface area contributed by atoms with Crippen molar-refractivity contribution in [3.05, 3.63) is 47.5 Å². The third-order valence-electron chi connectivity index (χ3n) is 3.33. The minimum Gasteiger partial charge on any atom is -0.340 e. The Hall–Kier alpha value is -2.14. The van der Waals surface area contributed by atoms with Gasteiger partial charge in [0.05, 0.1) is 6.33 Å². The zero-order valence-corrected chi connectivity index (χ0v) is 10.8. The van der Waals surface area contributed by atoms with E-state index in [0.29, 0.717) is 5.69 Å². The first-order valence-electron chi connectivity index (χ1n) is 6.35. The molecule has 98 valence electrons. The molecular formula is C14H16N4O. The Balaban J connectivity index is 1.85. The molecule has 0 radical (unpaired) electrons. The fourth-order valence-electron chi connectivity index (χ4n) is 2.35. The summed E-state index contributed by atoms with van der Waals surface area (Å²) >= 11 is 0. The third kappa shape index (κ3) is 2.37. The highest BCUT2D eigenvalue weighted by Gasteiger charge is 2.15. The van der Waals surface area contributed by atoms with Crippen LogP contribution in [0.25, 0.3) is 0 Å². The van der Waals surface area contributed by atoms with E-state index >= 15 is 0 Å². The van der Waals surface area contributed by atoms with Crippen molar-refractivity contribution in [2.24, 2.45) is 7.05 Å². The number of nitrogens with one attached hydrogen (secondary N) is 2. The second-order valence-corrected chi connectivity index (χ2v) is 4.75. The highest BCUT2D eigenvalue weighted by atomic mass is 16.1. The minimum atomic E-state index is -0.167. The molecule has 1 aliphatic rings. The van der Waals surface area contributed by atoms with Crippen molar-refractivity contribution in [3.63, 3.8) is 0 Å². The van der Waals surface area contributed by atoms with Crippen LogP contribution in [-0.4, -0.2) is 22.0 Å². The van der Waals surface area contributed by atoms with Crippen molar-refractivity contribution in [1.29, 1.82) is 0 Å². The van der Waals surface area contributed by atoms with Gasteiger partial charge in [-0.3, -0.25) is 4.79 Å². The third-order valence-corrected chi connectivity index (χ3v) is 3.33. The zero-order valence-electron chi connectivity index (χ0n) is 10.8. The lowest BCUT2D eigenvalue weighted by molar-refractivity contribution is 0.102. The normalized spacial score (nSPS) is 13.9. The molecule has 0 spiro atoms. The number of carbonyl (C=O) groups excluding carboxylic acids is 1. The lowest BCUT2D eigenvalue weighted by Gasteiger charge is -2.20. The van der Waals surface area contributed by atoms with Crippen LogP contribution in [0.15, 0.2) is 30.7 Å². The summed E-state index contributed by atoms with van der Waals surface area (Å²) in [6.45, 7) is 1.79. The number of benzene rings is 1. The summed E-state index contributed by atoms with van der Waals surface area (Å²) in [5.74, 6) is -0.167. The predicted molar refractivity (Wildman–Crippen MR) is 73.0 cm³/mol. The molecule has 2 N–H and O–H groups in total. The van der Waals surface area contributed by atoms with Gasteiger partial charge in [0, 0.05) is 25.5 Å². The number of rotatable bonds is 2. The smallest absolute Gasteiger partial charge is 0.275 e. The van der Waals surface area contributed by atoms with E-state index in [0.717, 1.165) is 25.2 Å². The molecule has 0 fully saturated rings. The molecule has 19 heavy (non-hydrogen) atoms. The summed E-state index contributed by atoms with van der Waals surface area (Å²) in [6.07, 6.45) is 4.34. The number of anilines is 1. The second kappa shape index (κ2) is 4.85. The summed E-state index contributed by atoms with van der Waals surface area (Å²) in [6, 6.07) is 6.04. The van der Waals surface area contributed by atoms with Crippen molar-refractivity contribution in [3.8, 4) is 0 Å². The van der Waals surface area contributed by atoms with Crippen molar-refractivity contribution < 1.29 is 4.79 Å². The van der Waals surface area contributed by atoms with Crippen LogP contribution in [-0.2, 0) is 20.0 Å². The van der Waals surface area contributed by atoms with Gasteiger partial charge in [-0.15, -0.1) is 0 Å². The van der Waals surface area contributed by atoms with Crippen molar-refractivity contribution in [1.82, 2.24) is 14.9 Å². The quantitative estimate of drug-likeness (QED) is 0.852. The average Bonchev–Trinajstić information content (AvgIpc) is 2.86. The predicted octanol–water partition coefficient (Wildman–Crippen LogP) is 1.32. The van der Waals surface area contributed by atoms with Gasteiger partial charge in [0.15, 0.2) is 0 Å². The van der Waals surface area contributed by atoms with Gasteiger partial charge in [-0.2, -0.15) is 0 Å². The van der Waals surface area contributed by atoms with E-state index in [4.69, 9.17) is 0 Å². The van der Waals surface area contributed by atoms with Gasteiger partial charge in [0.1, 0.15) is 5.69 Å². The van der Waals surface area contributed by atoms with Crippen molar-refractivity contribution in [2.45, 2.75) is 13.0 Å². The largest absolute Gasteiger partial charge is 0.340 e. The van der Waals surface area contributed by atoms with E-state index in [1.165, 1.54) is 11.1 Å². The van der Waals surface area contributed by atoms with E-state index in [1.54, 1.807) is 17.1 Å². The first-order chi connectivity index (χ1) is 9.24. The van der Waals surface area contributed by atoms with Crippen LogP contribution in [0.5, 0.6) is 0 Å². The Labute approximate surface area is 111 Å². The molecule has 1 aromatic heterocycles. The standard InChI is InChI=1S/C14H16N4O/c1-18-8-13(16-9-18)14(19)17-12-4-2-3-10-5-6-15-7-11(10)12/h2-4,8-9,15H,5-7H2,1H3,(H,17,19). The number of fused-ring (bicyclic) bond motifs is 1. The molecule has 0 unspecified atom stereocenters. The van der Waals surface area contributed by atoms with Crippen LogP contribution < -0.4 is 10.6 Å². The van der Waals surface area contributed by atoms with Crippen LogP contribution in [0.4, 0.5) is 5.69 Å². The first kappa shape index (κ1) is 11.9. The molecule has 2 heterocycles. The van der Waals surface area contributed by atoms with E-state index in [9.17, 15) is 4.79 Å². The lowest BCUT2D eigenvalue weighted by Crippen LogP contribution is -2.25. The lowest BCUT2D eigenvalue weighted by atomic mass is 9.99. The summed E-state index contributed by atoms with van der Waals surface area (Å²) in [7, 11) is 1.85. The van der Waals surface area contributed by atoms with Crippen LogP contribution >= 0.6 is 0 Å². The molecule has 3 rings (SSSR count). The molecule has 0 aliphatic carbocycles. The van der Waals surface area contributed by atoms with E-state index in [-0.39, 0.29) is 5.91 Å². The van der Waals surface area contributed by atoms with E-state index in [2.05, 4.69) is 21.7 Å². The van der Waals surface area contributed by atoms with Crippen LogP contribution in [0.2, 0.25) is 0 Å². The Morgan fingerprint density at radius 1 is 1.47 bits per heavy atom. The summed E-state index contributed by atoms with van der Waals surface area (Å²) in [5, 5.41) is 6.27. The molecular weight excluding hydrogens is 240 g/mol.